The summed E-state index contributed by atoms with van der Waals surface area (Å²) in [6, 6.07) is 6.94. The van der Waals surface area contributed by atoms with Crippen molar-refractivity contribution in [2.75, 3.05) is 32.9 Å². The van der Waals surface area contributed by atoms with E-state index < -0.39 is 0 Å². The number of piperidine rings is 1. The van der Waals surface area contributed by atoms with Crippen LogP contribution in [0.25, 0.3) is 0 Å². The molecule has 1 aromatic carbocycles. The molecular weight excluding hydrogens is 222 g/mol. The van der Waals surface area contributed by atoms with E-state index in [1.165, 1.54) is 37.1 Å². The van der Waals surface area contributed by atoms with E-state index in [1.807, 2.05) is 6.07 Å². The number of likely N-dealkylation sites (N-methyl/N-ethyl adjacent to an activating group) is 1. The van der Waals surface area contributed by atoms with E-state index in [9.17, 15) is 0 Å². The molecule has 3 nitrogen and oxygen atoms in total. The third-order valence-electron chi connectivity index (χ3n) is 4.09. The second kappa shape index (κ2) is 5.72. The molecule has 2 N–H and O–H groups in total. The standard InChI is InChI=1S/C15H25N3/c1-12-13(6-4-8-15(12)16)10-18-9-5-7-14(11-18)17(2)3/h4,6,8,14H,5,7,9-11,16H2,1-3H3. The topological polar surface area (TPSA) is 32.5 Å². The zero-order valence-corrected chi connectivity index (χ0v) is 11.8. The first-order chi connectivity index (χ1) is 8.58. The normalized spacial score (nSPS) is 21.4. The number of nitrogens with two attached hydrogens (primary N) is 1. The Labute approximate surface area is 111 Å². The van der Waals surface area contributed by atoms with Crippen molar-refractivity contribution < 1.29 is 0 Å². The molecule has 2 rings (SSSR count). The van der Waals surface area contributed by atoms with Crippen LogP contribution in [0.3, 0.4) is 0 Å². The Kier molecular flexibility index (Phi) is 4.25. The molecular formula is C15H25N3. The lowest BCUT2D eigenvalue weighted by atomic mass is 10.0. The van der Waals surface area contributed by atoms with Crippen molar-refractivity contribution in [3.63, 3.8) is 0 Å². The van der Waals surface area contributed by atoms with Crippen molar-refractivity contribution in [1.29, 1.82) is 0 Å². The van der Waals surface area contributed by atoms with Crippen LogP contribution in [-0.4, -0.2) is 43.0 Å². The van der Waals surface area contributed by atoms with Crippen molar-refractivity contribution in [2.24, 2.45) is 0 Å². The molecule has 1 aliphatic heterocycles. The predicted molar refractivity (Wildman–Crippen MR) is 77.6 cm³/mol. The lowest BCUT2D eigenvalue weighted by Crippen LogP contribution is -2.44. The molecule has 1 aliphatic rings. The number of benzene rings is 1. The molecule has 18 heavy (non-hydrogen) atoms. The van der Waals surface area contributed by atoms with E-state index in [1.54, 1.807) is 0 Å². The molecule has 1 fully saturated rings. The van der Waals surface area contributed by atoms with E-state index in [-0.39, 0.29) is 0 Å². The van der Waals surface area contributed by atoms with Crippen LogP contribution in [0.4, 0.5) is 5.69 Å². The number of nitrogen functional groups attached to an aromatic ring is 1. The van der Waals surface area contributed by atoms with E-state index in [4.69, 9.17) is 5.73 Å². The molecule has 3 heteroatoms. The Hall–Kier alpha value is -1.06. The Morgan fingerprint density at radius 3 is 2.89 bits per heavy atom. The molecule has 0 aliphatic carbocycles. The van der Waals surface area contributed by atoms with E-state index >= 15 is 0 Å². The monoisotopic (exact) mass is 247 g/mol. The van der Waals surface area contributed by atoms with Gasteiger partial charge in [0, 0.05) is 24.8 Å². The quantitative estimate of drug-likeness (QED) is 0.830. The number of anilines is 1. The lowest BCUT2D eigenvalue weighted by Gasteiger charge is -2.36. The Bertz CT molecular complexity index is 401. The molecule has 1 atom stereocenters. The van der Waals surface area contributed by atoms with Gasteiger partial charge in [-0.1, -0.05) is 12.1 Å². The number of hydrogen-bond acceptors (Lipinski definition) is 3. The molecule has 1 unspecified atom stereocenters. The maximum atomic E-state index is 5.97. The highest BCUT2D eigenvalue weighted by molar-refractivity contribution is 5.49. The number of nitrogens with zero attached hydrogens (tertiary/aromatic N) is 2. The Morgan fingerprint density at radius 2 is 2.17 bits per heavy atom. The predicted octanol–water partition coefficient (Wildman–Crippen LogP) is 2.10. The van der Waals surface area contributed by atoms with Gasteiger partial charge < -0.3 is 10.6 Å². The summed E-state index contributed by atoms with van der Waals surface area (Å²) < 4.78 is 0. The van der Waals surface area contributed by atoms with Crippen LogP contribution in [0, 0.1) is 6.92 Å². The first kappa shape index (κ1) is 13.4. The SMILES string of the molecule is Cc1c(N)cccc1CN1CCCC(N(C)C)C1. The number of rotatable bonds is 3. The van der Waals surface area contributed by atoms with Gasteiger partial charge >= 0.3 is 0 Å². The van der Waals surface area contributed by atoms with Crippen LogP contribution in [0.15, 0.2) is 18.2 Å². The van der Waals surface area contributed by atoms with Gasteiger partial charge in [-0.25, -0.2) is 0 Å². The first-order valence-electron chi connectivity index (χ1n) is 6.80. The van der Waals surface area contributed by atoms with Gasteiger partial charge in [-0.3, -0.25) is 4.90 Å². The molecule has 1 saturated heterocycles. The minimum Gasteiger partial charge on any atom is -0.399 e. The van der Waals surface area contributed by atoms with Crippen LogP contribution in [0.2, 0.25) is 0 Å². The molecule has 0 radical (unpaired) electrons. The fourth-order valence-corrected chi connectivity index (χ4v) is 2.71. The molecule has 0 amide bonds. The van der Waals surface area contributed by atoms with Crippen molar-refractivity contribution >= 4 is 5.69 Å². The fourth-order valence-electron chi connectivity index (χ4n) is 2.71. The van der Waals surface area contributed by atoms with E-state index in [2.05, 4.69) is 43.0 Å². The van der Waals surface area contributed by atoms with Gasteiger partial charge in [-0.05, 0) is 57.6 Å². The highest BCUT2D eigenvalue weighted by Crippen LogP contribution is 2.20. The summed E-state index contributed by atoms with van der Waals surface area (Å²) in [4.78, 5) is 4.90. The number of hydrogen-bond donors (Lipinski definition) is 1. The highest BCUT2D eigenvalue weighted by Gasteiger charge is 2.21. The van der Waals surface area contributed by atoms with Crippen molar-refractivity contribution in [3.8, 4) is 0 Å². The summed E-state index contributed by atoms with van der Waals surface area (Å²) in [6.45, 7) is 5.53. The maximum Gasteiger partial charge on any atom is 0.0346 e. The molecule has 0 spiro atoms. The maximum absolute atomic E-state index is 5.97. The summed E-state index contributed by atoms with van der Waals surface area (Å²) in [7, 11) is 4.36. The molecule has 100 valence electrons. The summed E-state index contributed by atoms with van der Waals surface area (Å²) in [5, 5.41) is 0. The van der Waals surface area contributed by atoms with Crippen molar-refractivity contribution in [2.45, 2.75) is 32.4 Å². The zero-order valence-electron chi connectivity index (χ0n) is 11.8. The van der Waals surface area contributed by atoms with Gasteiger partial charge in [0.15, 0.2) is 0 Å². The smallest absolute Gasteiger partial charge is 0.0346 e. The average Bonchev–Trinajstić information content (AvgIpc) is 2.35. The van der Waals surface area contributed by atoms with Crippen LogP contribution in [-0.2, 0) is 6.54 Å². The number of likely N-dealkylation sites (tertiary alicyclic amines) is 1. The Balaban J connectivity index is 2.03. The third kappa shape index (κ3) is 3.03. The average molecular weight is 247 g/mol. The first-order valence-corrected chi connectivity index (χ1v) is 6.80. The zero-order chi connectivity index (χ0) is 13.1. The van der Waals surface area contributed by atoms with E-state index in [0.717, 1.165) is 12.2 Å². The van der Waals surface area contributed by atoms with Gasteiger partial charge in [0.05, 0.1) is 0 Å². The fraction of sp³-hybridized carbons (Fsp3) is 0.600. The Morgan fingerprint density at radius 1 is 1.39 bits per heavy atom. The highest BCUT2D eigenvalue weighted by atomic mass is 15.2. The molecule has 0 bridgehead atoms. The second-order valence-corrected chi connectivity index (χ2v) is 5.63. The van der Waals surface area contributed by atoms with Crippen molar-refractivity contribution in [1.82, 2.24) is 9.80 Å². The molecule has 1 aromatic rings. The van der Waals surface area contributed by atoms with Gasteiger partial charge in [0.2, 0.25) is 0 Å². The van der Waals surface area contributed by atoms with Gasteiger partial charge in [0.1, 0.15) is 0 Å². The third-order valence-corrected chi connectivity index (χ3v) is 4.09. The molecule has 0 saturated carbocycles. The van der Waals surface area contributed by atoms with Gasteiger partial charge in [0.25, 0.3) is 0 Å². The van der Waals surface area contributed by atoms with E-state index in [0.29, 0.717) is 6.04 Å². The minimum atomic E-state index is 0.695. The second-order valence-electron chi connectivity index (χ2n) is 5.63. The summed E-state index contributed by atoms with van der Waals surface area (Å²) >= 11 is 0. The summed E-state index contributed by atoms with van der Waals surface area (Å²) in [5.74, 6) is 0. The van der Waals surface area contributed by atoms with Crippen LogP contribution < -0.4 is 5.73 Å². The van der Waals surface area contributed by atoms with Crippen LogP contribution in [0.1, 0.15) is 24.0 Å². The summed E-state index contributed by atoms with van der Waals surface area (Å²) in [5.41, 5.74) is 9.50. The summed E-state index contributed by atoms with van der Waals surface area (Å²) in [6.07, 6.45) is 2.61. The van der Waals surface area contributed by atoms with Gasteiger partial charge in [-0.15, -0.1) is 0 Å². The largest absolute Gasteiger partial charge is 0.399 e. The van der Waals surface area contributed by atoms with Gasteiger partial charge in [-0.2, -0.15) is 0 Å². The minimum absolute atomic E-state index is 0.695. The lowest BCUT2D eigenvalue weighted by molar-refractivity contribution is 0.128. The van der Waals surface area contributed by atoms with Crippen LogP contribution in [0.5, 0.6) is 0 Å². The van der Waals surface area contributed by atoms with Crippen LogP contribution >= 0.6 is 0 Å². The van der Waals surface area contributed by atoms with Crippen molar-refractivity contribution in [3.05, 3.63) is 29.3 Å². The molecule has 0 aromatic heterocycles. The molecule has 1 heterocycles.